The topological polar surface area (TPSA) is 42.7 Å². The van der Waals surface area contributed by atoms with Crippen molar-refractivity contribution in [1.82, 2.24) is 20.1 Å². The van der Waals surface area contributed by atoms with Crippen molar-refractivity contribution in [3.8, 4) is 5.82 Å². The van der Waals surface area contributed by atoms with E-state index in [1.807, 2.05) is 32.4 Å². The highest BCUT2D eigenvalue weighted by Crippen LogP contribution is 2.11. The van der Waals surface area contributed by atoms with Crippen LogP contribution in [0.15, 0.2) is 24.5 Å². The summed E-state index contributed by atoms with van der Waals surface area (Å²) in [5, 5.41) is 7.36. The number of hydrogen-bond acceptors (Lipinski definition) is 3. The van der Waals surface area contributed by atoms with Gasteiger partial charge in [0.2, 0.25) is 0 Å². The van der Waals surface area contributed by atoms with Gasteiger partial charge in [0.1, 0.15) is 0 Å². The molecule has 2 heterocycles. The van der Waals surface area contributed by atoms with Crippen LogP contribution in [0.3, 0.4) is 0 Å². The first-order valence-electron chi connectivity index (χ1n) is 5.02. The molecule has 0 fully saturated rings. The Morgan fingerprint density at radius 1 is 1.44 bits per heavy atom. The Morgan fingerprint density at radius 2 is 2.25 bits per heavy atom. The van der Waals surface area contributed by atoms with Gasteiger partial charge in [0.15, 0.2) is 5.82 Å². The van der Waals surface area contributed by atoms with E-state index >= 15 is 0 Å². The number of halogens is 1. The third-order valence-corrected chi connectivity index (χ3v) is 2.89. The van der Waals surface area contributed by atoms with Crippen molar-refractivity contribution in [2.45, 2.75) is 13.5 Å². The fourth-order valence-electron chi connectivity index (χ4n) is 1.51. The lowest BCUT2D eigenvalue weighted by Crippen LogP contribution is -2.09. The molecule has 0 aliphatic rings. The zero-order chi connectivity index (χ0) is 11.5. The van der Waals surface area contributed by atoms with Crippen molar-refractivity contribution in [3.05, 3.63) is 39.4 Å². The number of nitrogens with one attached hydrogen (secondary N) is 1. The minimum absolute atomic E-state index is 0.843. The first-order chi connectivity index (χ1) is 7.70. The maximum atomic E-state index is 4.53. The largest absolute Gasteiger partial charge is 0.316 e. The lowest BCUT2D eigenvalue weighted by Gasteiger charge is -2.06. The minimum atomic E-state index is 0.843. The standard InChI is InChI=1S/C11H13IN4/c1-8-9(5-13-2)3-4-11(15-8)16-7-10(12)6-14-16/h3-4,6-7,13H,5H2,1-2H3. The molecule has 2 rings (SSSR count). The van der Waals surface area contributed by atoms with Gasteiger partial charge < -0.3 is 5.32 Å². The van der Waals surface area contributed by atoms with Gasteiger partial charge in [0.25, 0.3) is 0 Å². The van der Waals surface area contributed by atoms with Crippen LogP contribution < -0.4 is 5.32 Å². The molecule has 0 amide bonds. The van der Waals surface area contributed by atoms with Crippen LogP contribution in [-0.2, 0) is 6.54 Å². The highest BCUT2D eigenvalue weighted by Gasteiger charge is 2.03. The van der Waals surface area contributed by atoms with Crippen molar-refractivity contribution in [2.75, 3.05) is 7.05 Å². The van der Waals surface area contributed by atoms with Gasteiger partial charge in [-0.1, -0.05) is 6.07 Å². The SMILES string of the molecule is CNCc1ccc(-n2cc(I)cn2)nc1C. The average molecular weight is 328 g/mol. The molecule has 16 heavy (non-hydrogen) atoms. The molecule has 0 aliphatic carbocycles. The molecule has 1 N–H and O–H groups in total. The molecule has 0 aliphatic heterocycles. The summed E-state index contributed by atoms with van der Waals surface area (Å²) in [4.78, 5) is 4.53. The van der Waals surface area contributed by atoms with E-state index in [0.717, 1.165) is 21.6 Å². The smallest absolute Gasteiger partial charge is 0.153 e. The van der Waals surface area contributed by atoms with E-state index in [1.54, 1.807) is 4.68 Å². The van der Waals surface area contributed by atoms with Crippen LogP contribution in [0.2, 0.25) is 0 Å². The van der Waals surface area contributed by atoms with Crippen LogP contribution >= 0.6 is 22.6 Å². The van der Waals surface area contributed by atoms with Crippen molar-refractivity contribution >= 4 is 22.6 Å². The Hall–Kier alpha value is -0.950. The maximum Gasteiger partial charge on any atom is 0.153 e. The van der Waals surface area contributed by atoms with Gasteiger partial charge in [-0.3, -0.25) is 0 Å². The molecule has 0 saturated heterocycles. The van der Waals surface area contributed by atoms with Gasteiger partial charge in [-0.25, -0.2) is 9.67 Å². The second kappa shape index (κ2) is 4.92. The molecule has 0 bridgehead atoms. The highest BCUT2D eigenvalue weighted by molar-refractivity contribution is 14.1. The van der Waals surface area contributed by atoms with E-state index in [-0.39, 0.29) is 0 Å². The van der Waals surface area contributed by atoms with Crippen molar-refractivity contribution < 1.29 is 0 Å². The lowest BCUT2D eigenvalue weighted by atomic mass is 10.2. The summed E-state index contributed by atoms with van der Waals surface area (Å²) >= 11 is 2.24. The van der Waals surface area contributed by atoms with Gasteiger partial charge in [0, 0.05) is 18.4 Å². The Bertz CT molecular complexity index is 492. The zero-order valence-corrected chi connectivity index (χ0v) is 11.4. The van der Waals surface area contributed by atoms with Crippen LogP contribution in [0, 0.1) is 10.5 Å². The first-order valence-corrected chi connectivity index (χ1v) is 6.10. The molecule has 0 saturated carbocycles. The van der Waals surface area contributed by atoms with Gasteiger partial charge >= 0.3 is 0 Å². The van der Waals surface area contributed by atoms with E-state index in [0.29, 0.717) is 0 Å². The summed E-state index contributed by atoms with van der Waals surface area (Å²) < 4.78 is 2.90. The van der Waals surface area contributed by atoms with Crippen molar-refractivity contribution in [1.29, 1.82) is 0 Å². The Morgan fingerprint density at radius 3 is 2.81 bits per heavy atom. The van der Waals surface area contributed by atoms with Gasteiger partial charge in [-0.05, 0) is 48.2 Å². The summed E-state index contributed by atoms with van der Waals surface area (Å²) in [6, 6.07) is 4.07. The predicted molar refractivity (Wildman–Crippen MR) is 71.6 cm³/mol. The second-order valence-electron chi connectivity index (χ2n) is 3.55. The lowest BCUT2D eigenvalue weighted by molar-refractivity contribution is 0.790. The number of nitrogens with zero attached hydrogens (tertiary/aromatic N) is 3. The summed E-state index contributed by atoms with van der Waals surface area (Å²) in [7, 11) is 1.93. The monoisotopic (exact) mass is 328 g/mol. The van der Waals surface area contributed by atoms with Crippen LogP contribution in [0.25, 0.3) is 5.82 Å². The number of rotatable bonds is 3. The van der Waals surface area contributed by atoms with E-state index in [9.17, 15) is 0 Å². The molecule has 0 radical (unpaired) electrons. The third kappa shape index (κ3) is 2.41. The van der Waals surface area contributed by atoms with Crippen molar-refractivity contribution in [2.24, 2.45) is 0 Å². The Labute approximate surface area is 108 Å². The number of aryl methyl sites for hydroxylation is 1. The second-order valence-corrected chi connectivity index (χ2v) is 4.79. The van der Waals surface area contributed by atoms with Gasteiger partial charge in [0.05, 0.1) is 9.77 Å². The molecule has 2 aromatic rings. The molecule has 84 valence electrons. The summed E-state index contributed by atoms with van der Waals surface area (Å²) in [5.74, 6) is 0.861. The predicted octanol–water partition coefficient (Wildman–Crippen LogP) is 1.90. The Kier molecular flexibility index (Phi) is 3.55. The van der Waals surface area contributed by atoms with Crippen LogP contribution in [0.4, 0.5) is 0 Å². The molecule has 0 aromatic carbocycles. The molecular weight excluding hydrogens is 315 g/mol. The molecule has 0 unspecified atom stereocenters. The van der Waals surface area contributed by atoms with E-state index < -0.39 is 0 Å². The van der Waals surface area contributed by atoms with Gasteiger partial charge in [-0.15, -0.1) is 0 Å². The highest BCUT2D eigenvalue weighted by atomic mass is 127. The van der Waals surface area contributed by atoms with E-state index in [1.165, 1.54) is 5.56 Å². The minimum Gasteiger partial charge on any atom is -0.316 e. The summed E-state index contributed by atoms with van der Waals surface area (Å²) in [5.41, 5.74) is 2.26. The molecule has 0 atom stereocenters. The van der Waals surface area contributed by atoms with Crippen LogP contribution in [-0.4, -0.2) is 21.8 Å². The van der Waals surface area contributed by atoms with Crippen molar-refractivity contribution in [3.63, 3.8) is 0 Å². The van der Waals surface area contributed by atoms with Crippen LogP contribution in [0.1, 0.15) is 11.3 Å². The molecule has 2 aromatic heterocycles. The number of aromatic nitrogens is 3. The quantitative estimate of drug-likeness (QED) is 0.875. The van der Waals surface area contributed by atoms with E-state index in [4.69, 9.17) is 0 Å². The number of pyridine rings is 1. The fourth-order valence-corrected chi connectivity index (χ4v) is 1.90. The first kappa shape index (κ1) is 11.5. The average Bonchev–Trinajstić information content (AvgIpc) is 2.68. The zero-order valence-electron chi connectivity index (χ0n) is 9.24. The molecule has 5 heteroatoms. The maximum absolute atomic E-state index is 4.53. The summed E-state index contributed by atoms with van der Waals surface area (Å²) in [6.07, 6.45) is 3.78. The molecule has 0 spiro atoms. The van der Waals surface area contributed by atoms with Gasteiger partial charge in [-0.2, -0.15) is 5.10 Å². The normalized spacial score (nSPS) is 10.7. The molecular formula is C11H13IN4. The fraction of sp³-hybridized carbons (Fsp3) is 0.273. The summed E-state index contributed by atoms with van der Waals surface area (Å²) in [6.45, 7) is 2.86. The third-order valence-electron chi connectivity index (χ3n) is 2.33. The van der Waals surface area contributed by atoms with Crippen LogP contribution in [0.5, 0.6) is 0 Å². The Balaban J connectivity index is 2.34. The van der Waals surface area contributed by atoms with E-state index in [2.05, 4.69) is 44.1 Å². The molecule has 4 nitrogen and oxygen atoms in total. The number of hydrogen-bond donors (Lipinski definition) is 1.